The molecule has 5 heteroatoms. The molecule has 0 aromatic heterocycles. The Morgan fingerprint density at radius 3 is 2.65 bits per heavy atom. The molecule has 1 aliphatic heterocycles. The van der Waals surface area contributed by atoms with Crippen LogP contribution in [-0.2, 0) is 9.59 Å². The Labute approximate surface area is 121 Å². The van der Waals surface area contributed by atoms with Crippen molar-refractivity contribution in [3.63, 3.8) is 0 Å². The van der Waals surface area contributed by atoms with Gasteiger partial charge in [0.1, 0.15) is 0 Å². The molecule has 2 amide bonds. The highest BCUT2D eigenvalue weighted by Crippen LogP contribution is 2.17. The monoisotopic (exact) mass is 284 g/mol. The van der Waals surface area contributed by atoms with Gasteiger partial charge in [-0.2, -0.15) is 0 Å². The number of aliphatic hydroxyl groups is 1. The summed E-state index contributed by atoms with van der Waals surface area (Å²) in [6.07, 6.45) is 3.10. The van der Waals surface area contributed by atoms with Crippen LogP contribution in [0.3, 0.4) is 0 Å². The Kier molecular flexibility index (Phi) is 6.46. The van der Waals surface area contributed by atoms with Crippen LogP contribution in [0.4, 0.5) is 0 Å². The van der Waals surface area contributed by atoms with Crippen molar-refractivity contribution in [2.24, 2.45) is 11.3 Å². The van der Waals surface area contributed by atoms with Gasteiger partial charge < -0.3 is 15.3 Å². The third-order valence-electron chi connectivity index (χ3n) is 3.66. The van der Waals surface area contributed by atoms with E-state index in [1.807, 2.05) is 25.7 Å². The van der Waals surface area contributed by atoms with Crippen LogP contribution in [0.15, 0.2) is 0 Å². The summed E-state index contributed by atoms with van der Waals surface area (Å²) in [6, 6.07) is 0. The number of nitrogens with one attached hydrogen (secondary N) is 1. The fraction of sp³-hybridized carbons (Fsp3) is 0.867. The van der Waals surface area contributed by atoms with Crippen molar-refractivity contribution in [2.45, 2.75) is 46.5 Å². The zero-order valence-corrected chi connectivity index (χ0v) is 12.9. The Morgan fingerprint density at radius 1 is 1.35 bits per heavy atom. The zero-order chi connectivity index (χ0) is 15.2. The number of likely N-dealkylation sites (tertiary alicyclic amines) is 1. The van der Waals surface area contributed by atoms with Crippen LogP contribution in [0.1, 0.15) is 46.5 Å². The average Bonchev–Trinajstić information content (AvgIpc) is 2.42. The second-order valence-electron chi connectivity index (χ2n) is 6.64. The maximum atomic E-state index is 12.0. The van der Waals surface area contributed by atoms with Gasteiger partial charge in [0.25, 0.3) is 0 Å². The lowest BCUT2D eigenvalue weighted by molar-refractivity contribution is -0.134. The minimum Gasteiger partial charge on any atom is -0.396 e. The van der Waals surface area contributed by atoms with E-state index in [0.717, 1.165) is 19.4 Å². The molecule has 0 radical (unpaired) electrons. The zero-order valence-electron chi connectivity index (χ0n) is 12.9. The number of hydrogen-bond donors (Lipinski definition) is 2. The molecular weight excluding hydrogens is 256 g/mol. The predicted octanol–water partition coefficient (Wildman–Crippen LogP) is 1.16. The number of amides is 2. The standard InChI is InChI=1S/C15H28N2O3/c1-15(2,3)14(20)16-8-4-7-13(19)17-9-5-6-12(10-17)11-18/h12,18H,4-11H2,1-3H3,(H,16,20). The van der Waals surface area contributed by atoms with E-state index < -0.39 is 0 Å². The molecule has 1 aliphatic rings. The smallest absolute Gasteiger partial charge is 0.225 e. The van der Waals surface area contributed by atoms with Gasteiger partial charge in [-0.1, -0.05) is 20.8 Å². The fourth-order valence-electron chi connectivity index (χ4n) is 2.31. The molecule has 5 nitrogen and oxygen atoms in total. The lowest BCUT2D eigenvalue weighted by Crippen LogP contribution is -2.41. The molecule has 1 saturated heterocycles. The van der Waals surface area contributed by atoms with Gasteiger partial charge in [0.2, 0.25) is 11.8 Å². The van der Waals surface area contributed by atoms with Crippen molar-refractivity contribution in [3.8, 4) is 0 Å². The van der Waals surface area contributed by atoms with E-state index in [2.05, 4.69) is 5.32 Å². The lowest BCUT2D eigenvalue weighted by atomic mass is 9.95. The molecule has 1 rings (SSSR count). The third kappa shape index (κ3) is 5.49. The molecule has 0 aromatic rings. The van der Waals surface area contributed by atoms with E-state index in [9.17, 15) is 9.59 Å². The normalized spacial score (nSPS) is 19.8. The molecule has 20 heavy (non-hydrogen) atoms. The first-order valence-corrected chi connectivity index (χ1v) is 7.51. The first-order valence-electron chi connectivity index (χ1n) is 7.51. The summed E-state index contributed by atoms with van der Waals surface area (Å²) in [5.74, 6) is 0.379. The molecule has 1 heterocycles. The number of hydrogen-bond acceptors (Lipinski definition) is 3. The summed E-state index contributed by atoms with van der Waals surface area (Å²) in [7, 11) is 0. The second-order valence-corrected chi connectivity index (χ2v) is 6.64. The van der Waals surface area contributed by atoms with Crippen LogP contribution < -0.4 is 5.32 Å². The highest BCUT2D eigenvalue weighted by atomic mass is 16.3. The molecule has 1 unspecified atom stereocenters. The average molecular weight is 284 g/mol. The first-order chi connectivity index (χ1) is 9.34. The number of nitrogens with zero attached hydrogens (tertiary/aromatic N) is 1. The van der Waals surface area contributed by atoms with Gasteiger partial charge in [0.15, 0.2) is 0 Å². The van der Waals surface area contributed by atoms with Crippen molar-refractivity contribution in [2.75, 3.05) is 26.2 Å². The second kappa shape index (κ2) is 7.62. The maximum Gasteiger partial charge on any atom is 0.225 e. The number of rotatable bonds is 5. The van der Waals surface area contributed by atoms with Crippen LogP contribution in [0, 0.1) is 11.3 Å². The summed E-state index contributed by atoms with van der Waals surface area (Å²) in [4.78, 5) is 25.5. The molecule has 0 aromatic carbocycles. The summed E-state index contributed by atoms with van der Waals surface area (Å²) < 4.78 is 0. The van der Waals surface area contributed by atoms with Crippen molar-refractivity contribution in [1.29, 1.82) is 0 Å². The van der Waals surface area contributed by atoms with Gasteiger partial charge in [-0.3, -0.25) is 9.59 Å². The predicted molar refractivity (Wildman–Crippen MR) is 78.1 cm³/mol. The number of aliphatic hydroxyl groups excluding tert-OH is 1. The summed E-state index contributed by atoms with van der Waals surface area (Å²) in [5.41, 5.74) is -0.384. The van der Waals surface area contributed by atoms with Crippen LogP contribution in [0.5, 0.6) is 0 Å². The molecule has 1 fully saturated rings. The minimum atomic E-state index is -0.384. The van der Waals surface area contributed by atoms with Gasteiger partial charge in [-0.25, -0.2) is 0 Å². The Morgan fingerprint density at radius 2 is 2.05 bits per heavy atom. The molecular formula is C15H28N2O3. The largest absolute Gasteiger partial charge is 0.396 e. The Bertz CT molecular complexity index is 337. The summed E-state index contributed by atoms with van der Waals surface area (Å²) >= 11 is 0. The van der Waals surface area contributed by atoms with Crippen molar-refractivity contribution >= 4 is 11.8 Å². The fourth-order valence-corrected chi connectivity index (χ4v) is 2.31. The van der Waals surface area contributed by atoms with Gasteiger partial charge in [-0.15, -0.1) is 0 Å². The third-order valence-corrected chi connectivity index (χ3v) is 3.66. The number of carbonyl (C=O) groups excluding carboxylic acids is 2. The van der Waals surface area contributed by atoms with E-state index in [1.165, 1.54) is 0 Å². The van der Waals surface area contributed by atoms with Gasteiger partial charge in [0, 0.05) is 38.1 Å². The summed E-state index contributed by atoms with van der Waals surface area (Å²) in [5, 5.41) is 12.0. The van der Waals surface area contributed by atoms with Gasteiger partial charge >= 0.3 is 0 Å². The van der Waals surface area contributed by atoms with E-state index in [4.69, 9.17) is 5.11 Å². The van der Waals surface area contributed by atoms with Gasteiger partial charge in [-0.05, 0) is 25.2 Å². The topological polar surface area (TPSA) is 69.6 Å². The first kappa shape index (κ1) is 17.0. The van der Waals surface area contributed by atoms with Gasteiger partial charge in [0.05, 0.1) is 0 Å². The lowest BCUT2D eigenvalue weighted by Gasteiger charge is -2.32. The molecule has 0 saturated carbocycles. The van der Waals surface area contributed by atoms with Crippen LogP contribution >= 0.6 is 0 Å². The molecule has 1 atom stereocenters. The van der Waals surface area contributed by atoms with Crippen molar-refractivity contribution < 1.29 is 14.7 Å². The number of piperidine rings is 1. The summed E-state index contributed by atoms with van der Waals surface area (Å²) in [6.45, 7) is 7.78. The van der Waals surface area contributed by atoms with Crippen molar-refractivity contribution in [1.82, 2.24) is 10.2 Å². The van der Waals surface area contributed by atoms with Crippen LogP contribution in [0.25, 0.3) is 0 Å². The van der Waals surface area contributed by atoms with E-state index >= 15 is 0 Å². The minimum absolute atomic E-state index is 0.0169. The highest BCUT2D eigenvalue weighted by Gasteiger charge is 2.23. The molecule has 2 N–H and O–H groups in total. The quantitative estimate of drug-likeness (QED) is 0.744. The van der Waals surface area contributed by atoms with Crippen molar-refractivity contribution in [3.05, 3.63) is 0 Å². The molecule has 0 bridgehead atoms. The Balaban J connectivity index is 2.22. The number of carbonyl (C=O) groups is 2. The molecule has 0 aliphatic carbocycles. The van der Waals surface area contributed by atoms with E-state index in [-0.39, 0.29) is 29.8 Å². The molecule has 116 valence electrons. The van der Waals surface area contributed by atoms with E-state index in [1.54, 1.807) is 0 Å². The SMILES string of the molecule is CC(C)(C)C(=O)NCCCC(=O)N1CCCC(CO)C1. The molecule has 0 spiro atoms. The highest BCUT2D eigenvalue weighted by molar-refractivity contribution is 5.81. The Hall–Kier alpha value is -1.10. The van der Waals surface area contributed by atoms with Crippen LogP contribution in [-0.4, -0.2) is 48.1 Å². The maximum absolute atomic E-state index is 12.0. The van der Waals surface area contributed by atoms with Crippen LogP contribution in [0.2, 0.25) is 0 Å². The van der Waals surface area contributed by atoms with E-state index in [0.29, 0.717) is 25.9 Å².